The van der Waals surface area contributed by atoms with E-state index >= 15 is 0 Å². The third-order valence-corrected chi connectivity index (χ3v) is 7.18. The maximum atomic E-state index is 13.5. The summed E-state index contributed by atoms with van der Waals surface area (Å²) < 4.78 is 16.9. The Labute approximate surface area is 223 Å². The molecular weight excluding hydrogens is 504 g/mol. The van der Waals surface area contributed by atoms with Crippen molar-refractivity contribution in [3.63, 3.8) is 0 Å². The normalized spacial score (nSPS) is 16.6. The molecule has 5 rings (SSSR count). The Kier molecular flexibility index (Phi) is 6.85. The van der Waals surface area contributed by atoms with Crippen LogP contribution in [0.5, 0.6) is 17.2 Å². The molecule has 8 nitrogen and oxygen atoms in total. The summed E-state index contributed by atoms with van der Waals surface area (Å²) in [5.74, 6) is -0.00389. The molecule has 1 amide bonds. The quantitative estimate of drug-likeness (QED) is 0.139. The summed E-state index contributed by atoms with van der Waals surface area (Å²) in [5, 5.41) is 11.7. The summed E-state index contributed by atoms with van der Waals surface area (Å²) in [5.41, 5.74) is 1.63. The number of thiazole rings is 1. The molecule has 1 aromatic heterocycles. The molecule has 0 spiro atoms. The number of aliphatic hydroxyl groups is 1. The van der Waals surface area contributed by atoms with E-state index in [1.165, 1.54) is 23.3 Å². The van der Waals surface area contributed by atoms with E-state index in [-0.39, 0.29) is 11.3 Å². The number of benzene rings is 3. The lowest BCUT2D eigenvalue weighted by Gasteiger charge is -2.23. The van der Waals surface area contributed by atoms with Crippen molar-refractivity contribution in [3.05, 3.63) is 96.1 Å². The van der Waals surface area contributed by atoms with Crippen LogP contribution < -0.4 is 19.1 Å². The maximum absolute atomic E-state index is 13.5. The molecule has 1 saturated heterocycles. The van der Waals surface area contributed by atoms with Gasteiger partial charge in [-0.2, -0.15) is 0 Å². The number of hydrogen-bond donors (Lipinski definition) is 1. The molecule has 192 valence electrons. The second-order valence-corrected chi connectivity index (χ2v) is 9.41. The largest absolute Gasteiger partial charge is 0.507 e. The topological polar surface area (TPSA) is 98.2 Å². The molecule has 0 radical (unpaired) electrons. The number of fused-ring (bicyclic) bond motifs is 1. The molecule has 0 saturated carbocycles. The number of nitrogens with zero attached hydrogens (tertiary/aromatic N) is 2. The minimum Gasteiger partial charge on any atom is -0.507 e. The number of ketones is 1. The zero-order valence-electron chi connectivity index (χ0n) is 20.7. The summed E-state index contributed by atoms with van der Waals surface area (Å²) in [4.78, 5) is 32.9. The number of aromatic nitrogens is 1. The first-order chi connectivity index (χ1) is 18.4. The number of anilines is 1. The van der Waals surface area contributed by atoms with Gasteiger partial charge in [0.15, 0.2) is 5.13 Å². The second-order valence-electron chi connectivity index (χ2n) is 8.40. The lowest BCUT2D eigenvalue weighted by atomic mass is 9.95. The predicted octanol–water partition coefficient (Wildman–Crippen LogP) is 5.50. The average molecular weight is 529 g/mol. The van der Waals surface area contributed by atoms with Gasteiger partial charge in [-0.25, -0.2) is 4.98 Å². The Hall–Kier alpha value is -4.63. The van der Waals surface area contributed by atoms with E-state index in [9.17, 15) is 14.7 Å². The minimum absolute atomic E-state index is 0.0308. The molecule has 1 fully saturated rings. The van der Waals surface area contributed by atoms with Crippen LogP contribution in [-0.2, 0) is 9.59 Å². The zero-order valence-corrected chi connectivity index (χ0v) is 21.5. The summed E-state index contributed by atoms with van der Waals surface area (Å²) in [6, 6.07) is 18.1. The van der Waals surface area contributed by atoms with Gasteiger partial charge in [0.05, 0.1) is 36.1 Å². The lowest BCUT2D eigenvalue weighted by Crippen LogP contribution is -2.29. The van der Waals surface area contributed by atoms with E-state index in [1.54, 1.807) is 73.8 Å². The fourth-order valence-corrected chi connectivity index (χ4v) is 5.29. The van der Waals surface area contributed by atoms with E-state index < -0.39 is 17.7 Å². The van der Waals surface area contributed by atoms with E-state index in [2.05, 4.69) is 11.6 Å². The van der Waals surface area contributed by atoms with E-state index in [4.69, 9.17) is 14.2 Å². The van der Waals surface area contributed by atoms with Gasteiger partial charge in [-0.1, -0.05) is 36.1 Å². The van der Waals surface area contributed by atoms with Crippen LogP contribution in [0.4, 0.5) is 5.13 Å². The molecule has 2 heterocycles. The van der Waals surface area contributed by atoms with Crippen molar-refractivity contribution < 1.29 is 28.9 Å². The molecule has 1 atom stereocenters. The molecule has 4 aromatic rings. The fourth-order valence-electron chi connectivity index (χ4n) is 4.27. The number of hydrogen-bond acceptors (Lipinski definition) is 8. The molecule has 9 heteroatoms. The van der Waals surface area contributed by atoms with Gasteiger partial charge in [-0.15, -0.1) is 0 Å². The number of amides is 1. The van der Waals surface area contributed by atoms with Crippen molar-refractivity contribution in [2.45, 2.75) is 6.04 Å². The molecule has 1 N–H and O–H groups in total. The number of methoxy groups -OCH3 is 2. The lowest BCUT2D eigenvalue weighted by molar-refractivity contribution is -0.132. The van der Waals surface area contributed by atoms with Crippen molar-refractivity contribution in [2.75, 3.05) is 25.7 Å². The van der Waals surface area contributed by atoms with Gasteiger partial charge < -0.3 is 19.3 Å². The van der Waals surface area contributed by atoms with Crippen LogP contribution in [0.15, 0.2) is 85.0 Å². The van der Waals surface area contributed by atoms with Crippen LogP contribution in [0.1, 0.15) is 17.2 Å². The molecule has 1 unspecified atom stereocenters. The Balaban J connectivity index is 1.66. The number of carbonyl (C=O) groups is 2. The highest BCUT2D eigenvalue weighted by atomic mass is 32.1. The van der Waals surface area contributed by atoms with Crippen molar-refractivity contribution >= 4 is 44.1 Å². The van der Waals surface area contributed by atoms with E-state index in [0.717, 1.165) is 4.70 Å². The second kappa shape index (κ2) is 10.4. The highest BCUT2D eigenvalue weighted by Gasteiger charge is 2.48. The van der Waals surface area contributed by atoms with Crippen LogP contribution in [0.2, 0.25) is 0 Å². The van der Waals surface area contributed by atoms with Crippen molar-refractivity contribution in [3.8, 4) is 17.2 Å². The Morgan fingerprint density at radius 2 is 1.66 bits per heavy atom. The van der Waals surface area contributed by atoms with E-state index in [0.29, 0.717) is 45.6 Å². The van der Waals surface area contributed by atoms with Crippen molar-refractivity contribution in [1.29, 1.82) is 0 Å². The van der Waals surface area contributed by atoms with Gasteiger partial charge in [-0.3, -0.25) is 14.5 Å². The predicted molar refractivity (Wildman–Crippen MR) is 146 cm³/mol. The molecule has 3 aromatic carbocycles. The number of aliphatic hydroxyl groups excluding tert-OH is 1. The van der Waals surface area contributed by atoms with Gasteiger partial charge in [0.1, 0.15) is 29.6 Å². The van der Waals surface area contributed by atoms with Gasteiger partial charge in [0.2, 0.25) is 0 Å². The van der Waals surface area contributed by atoms with Gasteiger partial charge >= 0.3 is 5.91 Å². The van der Waals surface area contributed by atoms with Crippen molar-refractivity contribution in [2.24, 2.45) is 0 Å². The summed E-state index contributed by atoms with van der Waals surface area (Å²) >= 11 is 1.26. The first-order valence-corrected chi connectivity index (χ1v) is 12.5. The Morgan fingerprint density at radius 3 is 2.32 bits per heavy atom. The Bertz CT molecular complexity index is 1560. The number of ether oxygens (including phenoxy) is 3. The fraction of sp³-hybridized carbons (Fsp3) is 0.138. The van der Waals surface area contributed by atoms with Gasteiger partial charge in [-0.05, 0) is 60.2 Å². The van der Waals surface area contributed by atoms with Crippen LogP contribution in [-0.4, -0.2) is 42.6 Å². The van der Waals surface area contributed by atoms with Crippen LogP contribution in [0.25, 0.3) is 16.0 Å². The van der Waals surface area contributed by atoms with E-state index in [1.807, 2.05) is 6.07 Å². The number of carbonyl (C=O) groups excluding carboxylic acids is 2. The summed E-state index contributed by atoms with van der Waals surface area (Å²) in [6.07, 6.45) is 1.64. The summed E-state index contributed by atoms with van der Waals surface area (Å²) in [6.45, 7) is 3.99. The van der Waals surface area contributed by atoms with Crippen LogP contribution in [0.3, 0.4) is 0 Å². The smallest absolute Gasteiger partial charge is 0.301 e. The zero-order chi connectivity index (χ0) is 26.8. The number of rotatable bonds is 8. The maximum Gasteiger partial charge on any atom is 0.301 e. The molecule has 1 aliphatic heterocycles. The van der Waals surface area contributed by atoms with Crippen LogP contribution >= 0.6 is 11.3 Å². The molecule has 0 aliphatic carbocycles. The van der Waals surface area contributed by atoms with Crippen molar-refractivity contribution in [1.82, 2.24) is 4.98 Å². The third-order valence-electron chi connectivity index (χ3n) is 6.16. The first-order valence-electron chi connectivity index (χ1n) is 11.7. The van der Waals surface area contributed by atoms with Crippen LogP contribution in [0, 0.1) is 0 Å². The third kappa shape index (κ3) is 4.48. The van der Waals surface area contributed by atoms with Gasteiger partial charge in [0, 0.05) is 5.56 Å². The first kappa shape index (κ1) is 25.0. The molecule has 38 heavy (non-hydrogen) atoms. The molecule has 1 aliphatic rings. The highest BCUT2D eigenvalue weighted by Crippen LogP contribution is 2.45. The summed E-state index contributed by atoms with van der Waals surface area (Å²) in [7, 11) is 3.11. The highest BCUT2D eigenvalue weighted by molar-refractivity contribution is 7.22. The molecule has 0 bridgehead atoms. The standard InChI is InChI=1S/C29H24N2O6S/c1-4-15-37-20-11-5-17(6-12-20)25-24(26(32)18-7-9-19(35-2)10-8-18)27(33)28(34)31(25)29-30-22-14-13-21(36-3)16-23(22)38-29/h4-14,16,25,32H,1,15H2,2-3H3/b26-24+. The number of Topliss-reactive ketones (excluding diaryl/α,β-unsaturated/α-hetero) is 1. The SMILES string of the molecule is C=CCOc1ccc(C2/C(=C(\O)c3ccc(OC)cc3)C(=O)C(=O)N2c2nc3ccc(OC)cc3s2)cc1. The van der Waals surface area contributed by atoms with Gasteiger partial charge in [0.25, 0.3) is 5.78 Å². The minimum atomic E-state index is -0.909. The Morgan fingerprint density at radius 1 is 1.00 bits per heavy atom. The molecular formula is C29H24N2O6S. The average Bonchev–Trinajstić information content (AvgIpc) is 3.49. The monoisotopic (exact) mass is 528 g/mol.